The number of hydrogen-bond donors (Lipinski definition) is 1. The van der Waals surface area contributed by atoms with Crippen LogP contribution in [0.4, 0.5) is 5.95 Å². The average Bonchev–Trinajstić information content (AvgIpc) is 3.33. The summed E-state index contributed by atoms with van der Waals surface area (Å²) in [6.45, 7) is 1.70. The second kappa shape index (κ2) is 7.14. The fraction of sp³-hybridized carbons (Fsp3) is 0.737. The number of carbonyl (C=O) groups excluding carboxylic acids is 1. The topological polar surface area (TPSA) is 58.1 Å². The zero-order chi connectivity index (χ0) is 17.3. The molecule has 2 saturated carbocycles. The van der Waals surface area contributed by atoms with Crippen LogP contribution in [0.3, 0.4) is 0 Å². The van der Waals surface area contributed by atoms with E-state index < -0.39 is 0 Å². The van der Waals surface area contributed by atoms with E-state index in [1.165, 1.54) is 32.1 Å². The molecule has 6 heteroatoms. The van der Waals surface area contributed by atoms with Crippen molar-refractivity contribution < 1.29 is 4.79 Å². The number of nitrogens with one attached hydrogen (secondary N) is 1. The van der Waals surface area contributed by atoms with E-state index >= 15 is 0 Å². The maximum absolute atomic E-state index is 13.0. The molecule has 2 atom stereocenters. The van der Waals surface area contributed by atoms with E-state index in [9.17, 15) is 4.79 Å². The number of amides is 1. The van der Waals surface area contributed by atoms with Crippen molar-refractivity contribution >= 4 is 23.6 Å². The second-order valence-electron chi connectivity index (χ2n) is 7.87. The van der Waals surface area contributed by atoms with Gasteiger partial charge >= 0.3 is 0 Å². The van der Waals surface area contributed by atoms with Gasteiger partial charge in [-0.3, -0.25) is 4.79 Å². The first-order valence-electron chi connectivity index (χ1n) is 9.63. The highest BCUT2D eigenvalue weighted by Crippen LogP contribution is 2.65. The molecular weight excluding hydrogens is 332 g/mol. The summed E-state index contributed by atoms with van der Waals surface area (Å²) in [6, 6.07) is 2.17. The third-order valence-corrected chi connectivity index (χ3v) is 6.89. The van der Waals surface area contributed by atoms with Gasteiger partial charge < -0.3 is 10.2 Å². The Morgan fingerprint density at radius 3 is 2.92 bits per heavy atom. The summed E-state index contributed by atoms with van der Waals surface area (Å²) in [7, 11) is 0. The average molecular weight is 361 g/mol. The van der Waals surface area contributed by atoms with E-state index in [0.29, 0.717) is 23.2 Å². The van der Waals surface area contributed by atoms with Crippen molar-refractivity contribution in [2.24, 2.45) is 11.3 Å². The van der Waals surface area contributed by atoms with Gasteiger partial charge in [0.15, 0.2) is 0 Å². The minimum absolute atomic E-state index is 0.248. The number of nitrogens with zero attached hydrogens (tertiary/aromatic N) is 3. The van der Waals surface area contributed by atoms with E-state index in [1.54, 1.807) is 18.0 Å². The maximum atomic E-state index is 13.0. The lowest BCUT2D eigenvalue weighted by Gasteiger charge is -2.33. The molecule has 5 nitrogen and oxygen atoms in total. The SMILES string of the molecule is CSc1ccnc(NC2CCCCCN(C(=O)C3CC34CCC4)C2)n1. The zero-order valence-corrected chi connectivity index (χ0v) is 15.9. The largest absolute Gasteiger partial charge is 0.350 e. The van der Waals surface area contributed by atoms with Crippen LogP contribution in [0.2, 0.25) is 0 Å². The van der Waals surface area contributed by atoms with Crippen molar-refractivity contribution in [1.82, 2.24) is 14.9 Å². The van der Waals surface area contributed by atoms with Crippen LogP contribution < -0.4 is 5.32 Å². The van der Waals surface area contributed by atoms with Crippen molar-refractivity contribution in [3.8, 4) is 0 Å². The number of anilines is 1. The number of rotatable bonds is 4. The Balaban J connectivity index is 1.41. The van der Waals surface area contributed by atoms with E-state index in [0.717, 1.165) is 37.4 Å². The second-order valence-corrected chi connectivity index (χ2v) is 8.70. The molecule has 2 heterocycles. The van der Waals surface area contributed by atoms with Crippen LogP contribution in [0.1, 0.15) is 51.4 Å². The monoisotopic (exact) mass is 360 g/mol. The fourth-order valence-corrected chi connectivity index (χ4v) is 4.82. The van der Waals surface area contributed by atoms with Crippen LogP contribution in [0.5, 0.6) is 0 Å². The molecule has 0 radical (unpaired) electrons. The number of thioether (sulfide) groups is 1. The zero-order valence-electron chi connectivity index (χ0n) is 15.0. The van der Waals surface area contributed by atoms with Crippen LogP contribution >= 0.6 is 11.8 Å². The summed E-state index contributed by atoms with van der Waals surface area (Å²) in [5.41, 5.74) is 0.415. The Kier molecular flexibility index (Phi) is 4.89. The molecule has 136 valence electrons. The molecule has 3 fully saturated rings. The van der Waals surface area contributed by atoms with E-state index in [4.69, 9.17) is 0 Å². The standard InChI is InChI=1S/C19H28N4OS/c1-25-16-7-10-20-18(22-16)21-14-6-3-2-4-11-23(13-14)17(24)15-12-19(15)8-5-9-19/h7,10,14-15H,2-6,8-9,11-13H2,1H3,(H,20,21,22). The van der Waals surface area contributed by atoms with Crippen molar-refractivity contribution in [2.75, 3.05) is 24.7 Å². The van der Waals surface area contributed by atoms with Gasteiger partial charge in [0.2, 0.25) is 11.9 Å². The lowest BCUT2D eigenvalue weighted by molar-refractivity contribution is -0.134. The number of carbonyl (C=O) groups is 1. The highest BCUT2D eigenvalue weighted by atomic mass is 32.2. The van der Waals surface area contributed by atoms with Gasteiger partial charge in [0, 0.05) is 31.2 Å². The smallest absolute Gasteiger partial charge is 0.226 e. The molecule has 2 aliphatic carbocycles. The summed E-state index contributed by atoms with van der Waals surface area (Å²) >= 11 is 1.62. The Hall–Kier alpha value is -1.30. The summed E-state index contributed by atoms with van der Waals surface area (Å²) in [6.07, 6.45) is 13.4. The van der Waals surface area contributed by atoms with Crippen LogP contribution in [0.15, 0.2) is 17.3 Å². The van der Waals surface area contributed by atoms with Gasteiger partial charge in [-0.1, -0.05) is 19.3 Å². The number of aromatic nitrogens is 2. The highest BCUT2D eigenvalue weighted by molar-refractivity contribution is 7.98. The summed E-state index contributed by atoms with van der Waals surface area (Å²) < 4.78 is 0. The quantitative estimate of drug-likeness (QED) is 0.657. The third-order valence-electron chi connectivity index (χ3n) is 6.24. The Morgan fingerprint density at radius 1 is 1.32 bits per heavy atom. The lowest BCUT2D eigenvalue weighted by atomic mass is 9.79. The van der Waals surface area contributed by atoms with Gasteiger partial charge in [-0.2, -0.15) is 0 Å². The summed E-state index contributed by atoms with van der Waals surface area (Å²) in [4.78, 5) is 24.0. The molecule has 0 aromatic carbocycles. The normalized spacial score (nSPS) is 28.0. The first kappa shape index (κ1) is 17.1. The van der Waals surface area contributed by atoms with E-state index in [1.807, 2.05) is 12.3 Å². The van der Waals surface area contributed by atoms with Gasteiger partial charge in [-0.25, -0.2) is 9.97 Å². The van der Waals surface area contributed by atoms with Crippen LogP contribution in [-0.2, 0) is 4.79 Å². The van der Waals surface area contributed by atoms with Crippen molar-refractivity contribution in [1.29, 1.82) is 0 Å². The van der Waals surface area contributed by atoms with Crippen molar-refractivity contribution in [2.45, 2.75) is 62.4 Å². The molecule has 4 rings (SSSR count). The van der Waals surface area contributed by atoms with Crippen LogP contribution in [-0.4, -0.2) is 46.2 Å². The molecule has 1 aromatic rings. The number of hydrogen-bond acceptors (Lipinski definition) is 5. The van der Waals surface area contributed by atoms with Gasteiger partial charge in [0.1, 0.15) is 5.03 Å². The van der Waals surface area contributed by atoms with Crippen LogP contribution in [0, 0.1) is 11.3 Å². The predicted molar refractivity (Wildman–Crippen MR) is 101 cm³/mol. The lowest BCUT2D eigenvalue weighted by Crippen LogP contribution is -2.44. The Bertz CT molecular complexity index is 634. The van der Waals surface area contributed by atoms with Gasteiger partial charge in [0.05, 0.1) is 0 Å². The maximum Gasteiger partial charge on any atom is 0.226 e. The van der Waals surface area contributed by atoms with Crippen molar-refractivity contribution in [3.63, 3.8) is 0 Å². The molecule has 25 heavy (non-hydrogen) atoms. The number of likely N-dealkylation sites (tertiary alicyclic amines) is 1. The predicted octanol–water partition coefficient (Wildman–Crippen LogP) is 3.57. The minimum Gasteiger partial charge on any atom is -0.350 e. The molecular formula is C19H28N4OS. The van der Waals surface area contributed by atoms with Crippen LogP contribution in [0.25, 0.3) is 0 Å². The molecule has 1 aromatic heterocycles. The van der Waals surface area contributed by atoms with Gasteiger partial charge in [-0.05, 0) is 49.8 Å². The first-order chi connectivity index (χ1) is 12.2. The highest BCUT2D eigenvalue weighted by Gasteiger charge is 2.61. The molecule has 1 amide bonds. The van der Waals surface area contributed by atoms with Crippen molar-refractivity contribution in [3.05, 3.63) is 12.3 Å². The third kappa shape index (κ3) is 3.64. The van der Waals surface area contributed by atoms with Gasteiger partial charge in [-0.15, -0.1) is 11.8 Å². The Morgan fingerprint density at radius 2 is 2.20 bits per heavy atom. The minimum atomic E-state index is 0.248. The molecule has 1 N–H and O–H groups in total. The van der Waals surface area contributed by atoms with Gasteiger partial charge in [0.25, 0.3) is 0 Å². The van der Waals surface area contributed by atoms with E-state index in [-0.39, 0.29) is 6.04 Å². The van der Waals surface area contributed by atoms with E-state index in [2.05, 4.69) is 20.2 Å². The summed E-state index contributed by atoms with van der Waals surface area (Å²) in [5.74, 6) is 1.41. The molecule has 1 saturated heterocycles. The molecule has 1 aliphatic heterocycles. The molecule has 0 bridgehead atoms. The molecule has 2 unspecified atom stereocenters. The first-order valence-corrected chi connectivity index (χ1v) is 10.8. The molecule has 1 spiro atoms. The summed E-state index contributed by atoms with van der Waals surface area (Å²) in [5, 5.41) is 4.46. The molecule has 3 aliphatic rings. The Labute approximate surface area is 154 Å². The fourth-order valence-electron chi connectivity index (χ4n) is 4.45.